The topological polar surface area (TPSA) is 55.1 Å². The van der Waals surface area contributed by atoms with E-state index in [9.17, 15) is 4.79 Å². The third-order valence-electron chi connectivity index (χ3n) is 2.67. The maximum atomic E-state index is 11.6. The Morgan fingerprint density at radius 1 is 1.28 bits per heavy atom. The average molecular weight is 274 g/mol. The second-order valence-electron chi connectivity index (χ2n) is 6.13. The van der Waals surface area contributed by atoms with Gasteiger partial charge in [-0.15, -0.1) is 0 Å². The van der Waals surface area contributed by atoms with Gasteiger partial charge in [0.25, 0.3) is 0 Å². The molecule has 0 spiro atoms. The predicted octanol–water partition coefficient (Wildman–Crippen LogP) is 2.79. The quantitative estimate of drug-likeness (QED) is 0.636. The number of amides is 1. The number of carbonyl (C=O) groups is 1. The van der Waals surface area contributed by atoms with Crippen LogP contribution in [0.25, 0.3) is 0 Å². The van der Waals surface area contributed by atoms with Gasteiger partial charge in [0.15, 0.2) is 0 Å². The predicted molar refractivity (Wildman–Crippen MR) is 81.9 cm³/mol. The van der Waals surface area contributed by atoms with Crippen molar-refractivity contribution in [3.8, 4) is 0 Å². The van der Waals surface area contributed by atoms with Crippen molar-refractivity contribution in [1.82, 2.24) is 5.32 Å². The van der Waals surface area contributed by atoms with Crippen molar-refractivity contribution < 1.29 is 4.79 Å². The summed E-state index contributed by atoms with van der Waals surface area (Å²) in [6.45, 7) is 7.24. The van der Waals surface area contributed by atoms with Crippen molar-refractivity contribution in [2.24, 2.45) is 11.1 Å². The smallest absolute Gasteiger partial charge is 0.221 e. The molecular formula is C14H30N2OS. The van der Waals surface area contributed by atoms with E-state index in [2.05, 4.69) is 32.3 Å². The zero-order valence-corrected chi connectivity index (χ0v) is 13.2. The summed E-state index contributed by atoms with van der Waals surface area (Å²) >= 11 is 1.88. The molecule has 0 heterocycles. The summed E-state index contributed by atoms with van der Waals surface area (Å²) in [6.07, 6.45) is 6.95. The van der Waals surface area contributed by atoms with Crippen LogP contribution in [0.4, 0.5) is 0 Å². The Morgan fingerprint density at radius 2 is 1.94 bits per heavy atom. The summed E-state index contributed by atoms with van der Waals surface area (Å²) in [5.74, 6) is 1.31. The molecule has 0 bridgehead atoms. The molecule has 0 saturated carbocycles. The first kappa shape index (κ1) is 17.8. The van der Waals surface area contributed by atoms with Crippen molar-refractivity contribution in [3.05, 3.63) is 0 Å². The van der Waals surface area contributed by atoms with E-state index in [1.165, 1.54) is 18.6 Å². The van der Waals surface area contributed by atoms with Crippen molar-refractivity contribution in [1.29, 1.82) is 0 Å². The van der Waals surface area contributed by atoms with Crippen LogP contribution in [0, 0.1) is 5.41 Å². The largest absolute Gasteiger partial charge is 0.356 e. The van der Waals surface area contributed by atoms with Gasteiger partial charge in [-0.25, -0.2) is 0 Å². The van der Waals surface area contributed by atoms with Crippen LogP contribution >= 0.6 is 11.8 Å². The fourth-order valence-corrected chi connectivity index (χ4v) is 2.44. The molecule has 0 aliphatic rings. The van der Waals surface area contributed by atoms with E-state index in [-0.39, 0.29) is 17.4 Å². The molecule has 18 heavy (non-hydrogen) atoms. The molecule has 0 rings (SSSR count). The third-order valence-corrected chi connectivity index (χ3v) is 3.37. The van der Waals surface area contributed by atoms with Crippen LogP contribution in [-0.4, -0.2) is 30.5 Å². The lowest BCUT2D eigenvalue weighted by Gasteiger charge is -2.22. The number of rotatable bonds is 9. The number of nitrogens with two attached hydrogens (primary N) is 1. The lowest BCUT2D eigenvalue weighted by Crippen LogP contribution is -2.34. The Balaban J connectivity index is 3.53. The molecular weight excluding hydrogens is 244 g/mol. The molecule has 1 atom stereocenters. The van der Waals surface area contributed by atoms with Crippen LogP contribution in [0.1, 0.15) is 52.9 Å². The van der Waals surface area contributed by atoms with E-state index < -0.39 is 0 Å². The van der Waals surface area contributed by atoms with Gasteiger partial charge in [-0.05, 0) is 36.7 Å². The molecule has 0 aromatic rings. The van der Waals surface area contributed by atoms with E-state index in [0.29, 0.717) is 6.42 Å². The molecule has 0 fully saturated rings. The summed E-state index contributed by atoms with van der Waals surface area (Å²) in [5.41, 5.74) is 6.16. The number of hydrogen-bond acceptors (Lipinski definition) is 3. The van der Waals surface area contributed by atoms with E-state index in [0.717, 1.165) is 19.4 Å². The van der Waals surface area contributed by atoms with Gasteiger partial charge in [0.1, 0.15) is 0 Å². The Labute approximate surface area is 117 Å². The van der Waals surface area contributed by atoms with Gasteiger partial charge < -0.3 is 11.1 Å². The number of unbranched alkanes of at least 4 members (excludes halogenated alkanes) is 2. The summed E-state index contributed by atoms with van der Waals surface area (Å²) in [4.78, 5) is 11.6. The molecule has 0 aliphatic carbocycles. The Kier molecular flexibility index (Phi) is 9.56. The van der Waals surface area contributed by atoms with Crippen LogP contribution in [0.2, 0.25) is 0 Å². The summed E-state index contributed by atoms with van der Waals surface area (Å²) < 4.78 is 0. The van der Waals surface area contributed by atoms with Crippen LogP contribution in [-0.2, 0) is 4.79 Å². The fourth-order valence-electron chi connectivity index (χ4n) is 1.95. The second-order valence-corrected chi connectivity index (χ2v) is 7.12. The number of hydrogen-bond donors (Lipinski definition) is 2. The zero-order chi connectivity index (χ0) is 14.0. The molecule has 0 aliphatic heterocycles. The Morgan fingerprint density at radius 3 is 2.50 bits per heavy atom. The molecule has 0 radical (unpaired) electrons. The van der Waals surface area contributed by atoms with Gasteiger partial charge in [-0.1, -0.05) is 27.2 Å². The van der Waals surface area contributed by atoms with E-state index >= 15 is 0 Å². The van der Waals surface area contributed by atoms with E-state index in [1.807, 2.05) is 11.8 Å². The minimum absolute atomic E-state index is 0.0264. The Bertz CT molecular complexity index is 226. The third kappa shape index (κ3) is 12.2. The maximum Gasteiger partial charge on any atom is 0.221 e. The first-order chi connectivity index (χ1) is 8.35. The van der Waals surface area contributed by atoms with Crippen molar-refractivity contribution in [2.75, 3.05) is 18.6 Å². The van der Waals surface area contributed by atoms with Gasteiger partial charge in [0.05, 0.1) is 0 Å². The molecule has 3 N–H and O–H groups in total. The highest BCUT2D eigenvalue weighted by Gasteiger charge is 2.17. The summed E-state index contributed by atoms with van der Waals surface area (Å²) in [6, 6.07) is -0.0264. The normalized spacial score (nSPS) is 13.4. The van der Waals surface area contributed by atoms with Crippen molar-refractivity contribution in [2.45, 2.75) is 58.9 Å². The Hall–Kier alpha value is -0.220. The van der Waals surface area contributed by atoms with Crippen LogP contribution in [0.5, 0.6) is 0 Å². The van der Waals surface area contributed by atoms with E-state index in [4.69, 9.17) is 5.73 Å². The number of nitrogens with one attached hydrogen (secondary N) is 1. The lowest BCUT2D eigenvalue weighted by atomic mass is 9.87. The molecule has 0 aromatic heterocycles. The van der Waals surface area contributed by atoms with Crippen LogP contribution < -0.4 is 11.1 Å². The maximum absolute atomic E-state index is 11.6. The summed E-state index contributed by atoms with van der Waals surface area (Å²) in [7, 11) is 0. The minimum Gasteiger partial charge on any atom is -0.356 e. The highest BCUT2D eigenvalue weighted by molar-refractivity contribution is 7.98. The monoisotopic (exact) mass is 274 g/mol. The lowest BCUT2D eigenvalue weighted by molar-refractivity contribution is -0.121. The molecule has 1 amide bonds. The zero-order valence-electron chi connectivity index (χ0n) is 12.4. The first-order valence-corrected chi connectivity index (χ1v) is 8.26. The number of thioether (sulfide) groups is 1. The van der Waals surface area contributed by atoms with Crippen molar-refractivity contribution in [3.63, 3.8) is 0 Å². The SMILES string of the molecule is CSCCCCCNC(=O)CC(N)CC(C)(C)C. The van der Waals surface area contributed by atoms with Crippen molar-refractivity contribution >= 4 is 17.7 Å². The molecule has 0 saturated heterocycles. The minimum atomic E-state index is -0.0264. The van der Waals surface area contributed by atoms with Gasteiger partial charge in [0.2, 0.25) is 5.91 Å². The highest BCUT2D eigenvalue weighted by atomic mass is 32.2. The van der Waals surface area contributed by atoms with Crippen LogP contribution in [0.15, 0.2) is 0 Å². The molecule has 0 aromatic carbocycles. The summed E-state index contributed by atoms with van der Waals surface area (Å²) in [5, 5.41) is 2.95. The molecule has 4 heteroatoms. The standard InChI is InChI=1S/C14H30N2OS/c1-14(2,3)11-12(15)10-13(17)16-8-6-5-7-9-18-4/h12H,5-11,15H2,1-4H3,(H,16,17). The average Bonchev–Trinajstić information content (AvgIpc) is 2.20. The molecule has 3 nitrogen and oxygen atoms in total. The van der Waals surface area contributed by atoms with Gasteiger partial charge in [-0.3, -0.25) is 4.79 Å². The first-order valence-electron chi connectivity index (χ1n) is 6.86. The van der Waals surface area contributed by atoms with Crippen LogP contribution in [0.3, 0.4) is 0 Å². The van der Waals surface area contributed by atoms with Gasteiger partial charge in [-0.2, -0.15) is 11.8 Å². The highest BCUT2D eigenvalue weighted by Crippen LogP contribution is 2.20. The van der Waals surface area contributed by atoms with E-state index in [1.54, 1.807) is 0 Å². The van der Waals surface area contributed by atoms with Gasteiger partial charge in [0, 0.05) is 19.0 Å². The molecule has 108 valence electrons. The second kappa shape index (κ2) is 9.68. The fraction of sp³-hybridized carbons (Fsp3) is 0.929. The molecule has 1 unspecified atom stereocenters. The van der Waals surface area contributed by atoms with Gasteiger partial charge >= 0.3 is 0 Å². The number of carbonyl (C=O) groups excluding carboxylic acids is 1.